The van der Waals surface area contributed by atoms with Crippen molar-refractivity contribution < 1.29 is 9.72 Å². The molecule has 2 heterocycles. The van der Waals surface area contributed by atoms with E-state index in [9.17, 15) is 14.9 Å². The van der Waals surface area contributed by atoms with Crippen LogP contribution in [0.2, 0.25) is 0 Å². The van der Waals surface area contributed by atoms with Crippen LogP contribution in [0.3, 0.4) is 0 Å². The molecule has 1 amide bonds. The second-order valence-corrected chi connectivity index (χ2v) is 6.06. The predicted molar refractivity (Wildman–Crippen MR) is 98.0 cm³/mol. The molecule has 1 fully saturated rings. The number of nitrogens with zero attached hydrogens (tertiary/aromatic N) is 5. The van der Waals surface area contributed by atoms with E-state index in [-0.39, 0.29) is 35.7 Å². The molecule has 1 aromatic carbocycles. The van der Waals surface area contributed by atoms with Gasteiger partial charge < -0.3 is 10.2 Å². The van der Waals surface area contributed by atoms with E-state index in [1.54, 1.807) is 19.1 Å². The number of carbonyl (C=O) groups is 1. The van der Waals surface area contributed by atoms with Crippen molar-refractivity contribution >= 4 is 24.0 Å². The molecule has 3 rings (SSSR count). The monoisotopic (exact) mass is 380 g/mol. The summed E-state index contributed by atoms with van der Waals surface area (Å²) in [6.07, 6.45) is 1.93. The lowest BCUT2D eigenvalue weighted by molar-refractivity contribution is -0.384. The van der Waals surface area contributed by atoms with E-state index in [1.807, 2.05) is 11.9 Å². The summed E-state index contributed by atoms with van der Waals surface area (Å²) in [6.45, 7) is 3.19. The first-order valence-electron chi connectivity index (χ1n) is 8.15. The number of hydrogen-bond donors (Lipinski definition) is 1. The molecule has 0 aliphatic carbocycles. The Bertz CT molecular complexity index is 809. The van der Waals surface area contributed by atoms with Gasteiger partial charge in [-0.25, -0.2) is 4.68 Å². The third-order valence-corrected chi connectivity index (χ3v) is 4.46. The quantitative estimate of drug-likeness (QED) is 0.625. The lowest BCUT2D eigenvalue weighted by atomic mass is 10.2. The molecule has 1 aromatic heterocycles. The van der Waals surface area contributed by atoms with E-state index < -0.39 is 4.92 Å². The second kappa shape index (κ2) is 8.24. The molecule has 1 aliphatic heterocycles. The number of carbonyl (C=O) groups excluding carboxylic acids is 1. The molecule has 140 valence electrons. The van der Waals surface area contributed by atoms with Crippen molar-refractivity contribution in [3.8, 4) is 5.69 Å². The Balaban J connectivity index is 0.00000243. The van der Waals surface area contributed by atoms with Crippen molar-refractivity contribution in [2.45, 2.75) is 25.8 Å². The van der Waals surface area contributed by atoms with Crippen molar-refractivity contribution in [2.75, 3.05) is 20.1 Å². The van der Waals surface area contributed by atoms with E-state index in [0.29, 0.717) is 17.9 Å². The molecule has 1 saturated heterocycles. The molecule has 0 saturated carbocycles. The number of nitrogens with one attached hydrogen (secondary N) is 1. The summed E-state index contributed by atoms with van der Waals surface area (Å²) in [4.78, 5) is 25.2. The minimum atomic E-state index is -0.464. The van der Waals surface area contributed by atoms with Gasteiger partial charge in [-0.15, -0.1) is 17.5 Å². The largest absolute Gasteiger partial charge is 0.333 e. The first-order valence-corrected chi connectivity index (χ1v) is 8.15. The number of benzene rings is 1. The van der Waals surface area contributed by atoms with E-state index in [2.05, 4.69) is 15.6 Å². The third-order valence-electron chi connectivity index (χ3n) is 4.46. The van der Waals surface area contributed by atoms with Crippen LogP contribution in [0, 0.1) is 17.0 Å². The molecule has 0 bridgehead atoms. The zero-order valence-electron chi connectivity index (χ0n) is 14.6. The van der Waals surface area contributed by atoms with Crippen LogP contribution in [0.4, 0.5) is 5.69 Å². The van der Waals surface area contributed by atoms with E-state index in [0.717, 1.165) is 19.4 Å². The second-order valence-electron chi connectivity index (χ2n) is 6.06. The zero-order valence-corrected chi connectivity index (χ0v) is 15.4. The van der Waals surface area contributed by atoms with Crippen LogP contribution >= 0.6 is 12.4 Å². The number of aromatic nitrogens is 3. The van der Waals surface area contributed by atoms with Crippen LogP contribution in [0.1, 0.15) is 29.0 Å². The van der Waals surface area contributed by atoms with Gasteiger partial charge in [0.15, 0.2) is 5.69 Å². The predicted octanol–water partition coefficient (Wildman–Crippen LogP) is 1.73. The van der Waals surface area contributed by atoms with Crippen LogP contribution in [0.15, 0.2) is 24.3 Å². The van der Waals surface area contributed by atoms with E-state index in [1.165, 1.54) is 16.8 Å². The van der Waals surface area contributed by atoms with Crippen LogP contribution in [0.25, 0.3) is 5.69 Å². The maximum atomic E-state index is 12.8. The van der Waals surface area contributed by atoms with Crippen molar-refractivity contribution in [3.63, 3.8) is 0 Å². The van der Waals surface area contributed by atoms with Crippen LogP contribution in [-0.4, -0.2) is 56.9 Å². The Morgan fingerprint density at radius 1 is 1.46 bits per heavy atom. The molecule has 26 heavy (non-hydrogen) atoms. The summed E-state index contributed by atoms with van der Waals surface area (Å²) in [7, 11) is 1.87. The summed E-state index contributed by atoms with van der Waals surface area (Å²) in [5.41, 5.74) is 1.33. The summed E-state index contributed by atoms with van der Waals surface area (Å²) in [5, 5.41) is 22.1. The Hall–Kier alpha value is -2.52. The van der Waals surface area contributed by atoms with Gasteiger partial charge in [-0.1, -0.05) is 11.3 Å². The van der Waals surface area contributed by atoms with Crippen molar-refractivity contribution in [1.29, 1.82) is 0 Å². The topological polar surface area (TPSA) is 106 Å². The lowest BCUT2D eigenvalue weighted by Gasteiger charge is -2.23. The van der Waals surface area contributed by atoms with Gasteiger partial charge in [0.1, 0.15) is 0 Å². The molecule has 1 atom stereocenters. The highest BCUT2D eigenvalue weighted by molar-refractivity contribution is 5.93. The SMILES string of the molecule is CNCC1CCCN1C(=O)c1nnn(-c2cccc([N+](=O)[O-])c2)c1C.Cl. The van der Waals surface area contributed by atoms with Gasteiger partial charge in [-0.2, -0.15) is 0 Å². The van der Waals surface area contributed by atoms with Crippen molar-refractivity contribution in [2.24, 2.45) is 0 Å². The molecule has 0 radical (unpaired) electrons. The highest BCUT2D eigenvalue weighted by Gasteiger charge is 2.31. The number of halogens is 1. The van der Waals surface area contributed by atoms with Crippen LogP contribution < -0.4 is 5.32 Å². The zero-order chi connectivity index (χ0) is 18.0. The molecule has 0 spiro atoms. The highest BCUT2D eigenvalue weighted by atomic mass is 35.5. The smallest absolute Gasteiger partial charge is 0.276 e. The van der Waals surface area contributed by atoms with Gasteiger partial charge in [-0.3, -0.25) is 14.9 Å². The molecule has 2 aromatic rings. The number of rotatable bonds is 5. The van der Waals surface area contributed by atoms with Gasteiger partial charge >= 0.3 is 0 Å². The van der Waals surface area contributed by atoms with Crippen LogP contribution in [0.5, 0.6) is 0 Å². The van der Waals surface area contributed by atoms with Gasteiger partial charge in [0.05, 0.1) is 16.3 Å². The Labute approximate surface area is 156 Å². The summed E-state index contributed by atoms with van der Waals surface area (Å²) < 4.78 is 1.46. The number of hydrogen-bond acceptors (Lipinski definition) is 6. The fourth-order valence-electron chi connectivity index (χ4n) is 3.20. The van der Waals surface area contributed by atoms with E-state index in [4.69, 9.17) is 0 Å². The first-order chi connectivity index (χ1) is 12.0. The number of likely N-dealkylation sites (N-methyl/N-ethyl adjacent to an activating group) is 1. The average Bonchev–Trinajstić information content (AvgIpc) is 3.21. The normalized spacial score (nSPS) is 16.4. The summed E-state index contributed by atoms with van der Waals surface area (Å²) in [5.74, 6) is -0.146. The van der Waals surface area contributed by atoms with Crippen LogP contribution in [-0.2, 0) is 0 Å². The molecule has 10 heteroatoms. The standard InChI is InChI=1S/C16H20N6O3.ClH/c1-11-15(16(23)20-8-4-7-14(20)10-17-2)18-19-21(11)12-5-3-6-13(9-12)22(24)25;/h3,5-6,9,14,17H,4,7-8,10H2,1-2H3;1H. The summed E-state index contributed by atoms with van der Waals surface area (Å²) in [6, 6.07) is 6.26. The third kappa shape index (κ3) is 3.68. The molecule has 9 nitrogen and oxygen atoms in total. The number of non-ortho nitro benzene ring substituents is 1. The van der Waals surface area contributed by atoms with Gasteiger partial charge in [0, 0.05) is 31.3 Å². The molecule has 1 unspecified atom stereocenters. The number of likely N-dealkylation sites (tertiary alicyclic amines) is 1. The lowest BCUT2D eigenvalue weighted by Crippen LogP contribution is -2.41. The molecule has 1 N–H and O–H groups in total. The molecular formula is C16H21ClN6O3. The Morgan fingerprint density at radius 2 is 2.23 bits per heavy atom. The van der Waals surface area contributed by atoms with Crippen molar-refractivity contribution in [1.82, 2.24) is 25.2 Å². The highest BCUT2D eigenvalue weighted by Crippen LogP contribution is 2.22. The van der Waals surface area contributed by atoms with Gasteiger partial charge in [0.25, 0.3) is 11.6 Å². The molecular weight excluding hydrogens is 360 g/mol. The number of amides is 1. The Morgan fingerprint density at radius 3 is 2.92 bits per heavy atom. The van der Waals surface area contributed by atoms with Crippen molar-refractivity contribution in [3.05, 3.63) is 45.8 Å². The fraction of sp³-hybridized carbons (Fsp3) is 0.438. The average molecular weight is 381 g/mol. The summed E-state index contributed by atoms with van der Waals surface area (Å²) >= 11 is 0. The minimum absolute atomic E-state index is 0. The maximum Gasteiger partial charge on any atom is 0.276 e. The number of nitro benzene ring substituents is 1. The molecule has 1 aliphatic rings. The number of nitro groups is 1. The van der Waals surface area contributed by atoms with Gasteiger partial charge in [0.2, 0.25) is 0 Å². The fourth-order valence-corrected chi connectivity index (χ4v) is 3.20. The van der Waals surface area contributed by atoms with Gasteiger partial charge in [-0.05, 0) is 32.9 Å². The minimum Gasteiger partial charge on any atom is -0.333 e. The maximum absolute atomic E-state index is 12.8. The van der Waals surface area contributed by atoms with E-state index >= 15 is 0 Å². The first kappa shape index (κ1) is 19.8. The Kier molecular flexibility index (Phi) is 6.27.